The second-order valence-electron chi connectivity index (χ2n) is 4.02. The number of hydrogen-bond acceptors (Lipinski definition) is 4. The molecule has 0 fully saturated rings. The second-order valence-corrected chi connectivity index (χ2v) is 4.29. The highest BCUT2D eigenvalue weighted by molar-refractivity contribution is 6.27. The summed E-state index contributed by atoms with van der Waals surface area (Å²) in [5.41, 5.74) is 0.860. The quantitative estimate of drug-likeness (QED) is 0.645. The topological polar surface area (TPSA) is 87.7 Å². The van der Waals surface area contributed by atoms with Gasteiger partial charge in [0, 0.05) is 6.54 Å². The van der Waals surface area contributed by atoms with Gasteiger partial charge < -0.3 is 20.5 Å². The van der Waals surface area contributed by atoms with Gasteiger partial charge in [-0.3, -0.25) is 4.79 Å². The van der Waals surface area contributed by atoms with Crippen molar-refractivity contribution in [2.75, 3.05) is 19.0 Å². The van der Waals surface area contributed by atoms with Crippen LogP contribution in [0.2, 0.25) is 0 Å². The molecule has 110 valence electrons. The number of amides is 2. The maximum absolute atomic E-state index is 11.5. The fourth-order valence-corrected chi connectivity index (χ4v) is 1.47. The third-order valence-corrected chi connectivity index (χ3v) is 2.66. The highest BCUT2D eigenvalue weighted by atomic mass is 35.5. The molecule has 0 aliphatic rings. The fraction of sp³-hybridized carbons (Fsp3) is 0.385. The minimum absolute atomic E-state index is 0.0858. The molecule has 0 saturated carbocycles. The largest absolute Gasteiger partial charge is 0.445 e. The van der Waals surface area contributed by atoms with E-state index in [9.17, 15) is 9.59 Å². The first-order valence-corrected chi connectivity index (χ1v) is 6.60. The number of carbonyl (C=O) groups is 2. The molecule has 0 aliphatic carbocycles. The van der Waals surface area contributed by atoms with E-state index in [1.807, 2.05) is 30.3 Å². The van der Waals surface area contributed by atoms with Crippen molar-refractivity contribution in [3.8, 4) is 0 Å². The molecule has 1 rings (SSSR count). The van der Waals surface area contributed by atoms with Crippen LogP contribution < -0.4 is 10.6 Å². The Morgan fingerprint density at radius 3 is 2.60 bits per heavy atom. The Hall–Kier alpha value is -1.79. The number of aliphatic hydroxyl groups excluding tert-OH is 1. The van der Waals surface area contributed by atoms with E-state index in [0.717, 1.165) is 5.56 Å². The van der Waals surface area contributed by atoms with Crippen molar-refractivity contribution in [2.45, 2.75) is 12.6 Å². The SMILES string of the molecule is O=C(CCl)NCC(CO)NC(=O)OCc1ccccc1. The first-order chi connectivity index (χ1) is 9.65. The van der Waals surface area contributed by atoms with Crippen LogP contribution in [0, 0.1) is 0 Å². The number of nitrogens with one attached hydrogen (secondary N) is 2. The summed E-state index contributed by atoms with van der Waals surface area (Å²) in [6, 6.07) is 8.59. The molecule has 0 spiro atoms. The number of rotatable bonds is 7. The van der Waals surface area contributed by atoms with Crippen LogP contribution in [0.4, 0.5) is 4.79 Å². The van der Waals surface area contributed by atoms with Gasteiger partial charge in [-0.15, -0.1) is 11.6 Å². The van der Waals surface area contributed by atoms with Crippen molar-refractivity contribution in [3.63, 3.8) is 0 Å². The molecule has 2 amide bonds. The number of benzene rings is 1. The molecule has 1 aromatic carbocycles. The van der Waals surface area contributed by atoms with Gasteiger partial charge in [-0.2, -0.15) is 0 Å². The molecule has 0 aliphatic heterocycles. The van der Waals surface area contributed by atoms with E-state index in [0.29, 0.717) is 0 Å². The van der Waals surface area contributed by atoms with Crippen LogP contribution in [0.25, 0.3) is 0 Å². The number of hydrogen-bond donors (Lipinski definition) is 3. The molecular formula is C13H17ClN2O4. The van der Waals surface area contributed by atoms with Crippen molar-refractivity contribution < 1.29 is 19.4 Å². The van der Waals surface area contributed by atoms with Gasteiger partial charge in [0.2, 0.25) is 5.91 Å². The summed E-state index contributed by atoms with van der Waals surface area (Å²) < 4.78 is 4.99. The fourth-order valence-electron chi connectivity index (χ4n) is 1.38. The third-order valence-electron chi connectivity index (χ3n) is 2.42. The molecule has 0 heterocycles. The predicted molar refractivity (Wildman–Crippen MR) is 74.4 cm³/mol. The Morgan fingerprint density at radius 2 is 2.00 bits per heavy atom. The number of ether oxygens (including phenoxy) is 1. The molecule has 0 bridgehead atoms. The molecule has 1 atom stereocenters. The molecule has 3 N–H and O–H groups in total. The monoisotopic (exact) mass is 300 g/mol. The number of alkyl halides is 1. The van der Waals surface area contributed by atoms with Gasteiger partial charge in [0.15, 0.2) is 0 Å². The van der Waals surface area contributed by atoms with Crippen molar-refractivity contribution in [1.29, 1.82) is 0 Å². The molecule has 20 heavy (non-hydrogen) atoms. The average molecular weight is 301 g/mol. The van der Waals surface area contributed by atoms with Crippen LogP contribution in [-0.4, -0.2) is 42.2 Å². The summed E-state index contributed by atoms with van der Waals surface area (Å²) in [7, 11) is 0. The highest BCUT2D eigenvalue weighted by Crippen LogP contribution is 2.00. The average Bonchev–Trinajstić information content (AvgIpc) is 2.49. The molecular weight excluding hydrogens is 284 g/mol. The Labute approximate surface area is 122 Å². The van der Waals surface area contributed by atoms with E-state index in [2.05, 4.69) is 10.6 Å². The van der Waals surface area contributed by atoms with Gasteiger partial charge in [0.05, 0.1) is 12.6 Å². The standard InChI is InChI=1S/C13H17ClN2O4/c14-6-12(18)15-7-11(8-17)16-13(19)20-9-10-4-2-1-3-5-10/h1-5,11,17H,6-9H2,(H,15,18)(H,16,19). The van der Waals surface area contributed by atoms with Gasteiger partial charge >= 0.3 is 6.09 Å². The van der Waals surface area contributed by atoms with E-state index < -0.39 is 12.1 Å². The van der Waals surface area contributed by atoms with E-state index in [-0.39, 0.29) is 31.5 Å². The van der Waals surface area contributed by atoms with Gasteiger partial charge in [0.25, 0.3) is 0 Å². The minimum Gasteiger partial charge on any atom is -0.445 e. The van der Waals surface area contributed by atoms with E-state index in [1.165, 1.54) is 0 Å². The minimum atomic E-state index is -0.659. The summed E-state index contributed by atoms with van der Waals surface area (Å²) in [5, 5.41) is 14.0. The van der Waals surface area contributed by atoms with Gasteiger partial charge in [-0.1, -0.05) is 30.3 Å². The summed E-state index contributed by atoms with van der Waals surface area (Å²) >= 11 is 5.32. The lowest BCUT2D eigenvalue weighted by molar-refractivity contribution is -0.118. The number of halogens is 1. The maximum atomic E-state index is 11.5. The maximum Gasteiger partial charge on any atom is 0.407 e. The van der Waals surface area contributed by atoms with Gasteiger partial charge in [0.1, 0.15) is 12.5 Å². The van der Waals surface area contributed by atoms with Crippen LogP contribution in [0.15, 0.2) is 30.3 Å². The lowest BCUT2D eigenvalue weighted by Gasteiger charge is -2.16. The zero-order chi connectivity index (χ0) is 14.8. The number of aliphatic hydroxyl groups is 1. The second kappa shape index (κ2) is 9.17. The van der Waals surface area contributed by atoms with Crippen LogP contribution >= 0.6 is 11.6 Å². The number of carbonyl (C=O) groups excluding carboxylic acids is 2. The van der Waals surface area contributed by atoms with Crippen molar-refractivity contribution >= 4 is 23.6 Å². The molecule has 6 nitrogen and oxygen atoms in total. The Morgan fingerprint density at radius 1 is 1.30 bits per heavy atom. The van der Waals surface area contributed by atoms with Crippen molar-refractivity contribution in [3.05, 3.63) is 35.9 Å². The zero-order valence-corrected chi connectivity index (χ0v) is 11.6. The normalized spacial score (nSPS) is 11.5. The first kappa shape index (κ1) is 16.3. The first-order valence-electron chi connectivity index (χ1n) is 6.06. The summed E-state index contributed by atoms with van der Waals surface area (Å²) in [6.45, 7) is -0.0929. The molecule has 7 heteroatoms. The summed E-state index contributed by atoms with van der Waals surface area (Å²) in [6.07, 6.45) is -0.659. The summed E-state index contributed by atoms with van der Waals surface area (Å²) in [4.78, 5) is 22.5. The lowest BCUT2D eigenvalue weighted by atomic mass is 10.2. The van der Waals surface area contributed by atoms with Crippen LogP contribution in [0.1, 0.15) is 5.56 Å². The highest BCUT2D eigenvalue weighted by Gasteiger charge is 2.13. The Balaban J connectivity index is 2.30. The molecule has 1 unspecified atom stereocenters. The van der Waals surface area contributed by atoms with Gasteiger partial charge in [-0.25, -0.2) is 4.79 Å². The van der Waals surface area contributed by atoms with E-state index >= 15 is 0 Å². The molecule has 0 aromatic heterocycles. The molecule has 0 radical (unpaired) electrons. The molecule has 1 aromatic rings. The summed E-state index contributed by atoms with van der Waals surface area (Å²) in [5.74, 6) is -0.541. The third kappa shape index (κ3) is 6.40. The van der Waals surface area contributed by atoms with Crippen molar-refractivity contribution in [1.82, 2.24) is 10.6 Å². The van der Waals surface area contributed by atoms with Crippen LogP contribution in [0.3, 0.4) is 0 Å². The number of alkyl carbamates (subject to hydrolysis) is 1. The predicted octanol–water partition coefficient (Wildman–Crippen LogP) is 0.629. The smallest absolute Gasteiger partial charge is 0.407 e. The lowest BCUT2D eigenvalue weighted by Crippen LogP contribution is -2.46. The van der Waals surface area contributed by atoms with E-state index in [4.69, 9.17) is 21.4 Å². The van der Waals surface area contributed by atoms with E-state index in [1.54, 1.807) is 0 Å². The van der Waals surface area contributed by atoms with Crippen LogP contribution in [0.5, 0.6) is 0 Å². The zero-order valence-electron chi connectivity index (χ0n) is 10.8. The van der Waals surface area contributed by atoms with Gasteiger partial charge in [-0.05, 0) is 5.56 Å². The Kier molecular flexibility index (Phi) is 7.46. The Bertz CT molecular complexity index is 428. The van der Waals surface area contributed by atoms with Crippen LogP contribution in [-0.2, 0) is 16.1 Å². The molecule has 0 saturated heterocycles. The van der Waals surface area contributed by atoms with Crippen molar-refractivity contribution in [2.24, 2.45) is 0 Å².